The van der Waals surface area contributed by atoms with Gasteiger partial charge in [0.25, 0.3) is 5.91 Å². The van der Waals surface area contributed by atoms with E-state index < -0.39 is 11.7 Å². The molecule has 0 spiro atoms. The molecule has 0 fully saturated rings. The van der Waals surface area contributed by atoms with Crippen molar-refractivity contribution in [2.24, 2.45) is 0 Å². The summed E-state index contributed by atoms with van der Waals surface area (Å²) < 4.78 is 18.7. The number of nitrogens with zero attached hydrogens (tertiary/aromatic N) is 2. The summed E-state index contributed by atoms with van der Waals surface area (Å²) in [5.74, 6) is -1.97. The molecule has 2 amide bonds. The van der Waals surface area contributed by atoms with Gasteiger partial charge in [-0.2, -0.15) is 5.26 Å². The second-order valence-corrected chi connectivity index (χ2v) is 7.64. The zero-order valence-electron chi connectivity index (χ0n) is 19.4. The molecule has 37 heavy (non-hydrogen) atoms. The number of aromatic hydroxyl groups is 1. The maximum Gasteiger partial charge on any atom is 0.292 e. The van der Waals surface area contributed by atoms with Crippen LogP contribution in [0.2, 0.25) is 0 Å². The molecule has 0 radical (unpaired) electrons. The minimum atomic E-state index is -0.638. The lowest BCUT2D eigenvalue weighted by molar-refractivity contribution is -0.115. The highest BCUT2D eigenvalue weighted by molar-refractivity contribution is 6.03. The molecule has 9 nitrogen and oxygen atoms in total. The monoisotopic (exact) mass is 521 g/mol. The number of halogens is 2. The minimum absolute atomic E-state index is 0. The summed E-state index contributed by atoms with van der Waals surface area (Å²) in [6.45, 7) is 0.111. The van der Waals surface area contributed by atoms with E-state index >= 15 is 0 Å². The fourth-order valence-electron chi connectivity index (χ4n) is 3.54. The van der Waals surface area contributed by atoms with Crippen LogP contribution in [0.5, 0.6) is 5.75 Å². The lowest BCUT2D eigenvalue weighted by atomic mass is 9.97. The summed E-state index contributed by atoms with van der Waals surface area (Å²) in [6, 6.07) is 16.8. The Labute approximate surface area is 217 Å². The van der Waals surface area contributed by atoms with Crippen molar-refractivity contribution in [3.05, 3.63) is 84.1 Å². The number of phenols is 1. The predicted molar refractivity (Wildman–Crippen MR) is 138 cm³/mol. The molecule has 4 aromatic rings. The Balaban J connectivity index is 0.00000380. The molecule has 0 atom stereocenters. The quantitative estimate of drug-likeness (QED) is 0.279. The van der Waals surface area contributed by atoms with Gasteiger partial charge in [0.1, 0.15) is 23.2 Å². The molecular formula is C26H21ClFN5O4. The SMILES string of the molecule is CNCC(=O)Nc1cccc(-c2cc(-c3ccc(F)cc3O)nc(NC(=O)c3ccco3)c2C#N)c1.Cl. The van der Waals surface area contributed by atoms with Crippen molar-refractivity contribution in [1.82, 2.24) is 10.3 Å². The van der Waals surface area contributed by atoms with Crippen LogP contribution >= 0.6 is 12.4 Å². The summed E-state index contributed by atoms with van der Waals surface area (Å²) in [4.78, 5) is 29.1. The molecule has 0 aliphatic heterocycles. The number of aromatic nitrogens is 1. The van der Waals surface area contributed by atoms with Crippen LogP contribution in [-0.2, 0) is 4.79 Å². The number of benzene rings is 2. The van der Waals surface area contributed by atoms with Gasteiger partial charge in [-0.1, -0.05) is 12.1 Å². The fraction of sp³-hybridized carbons (Fsp3) is 0.0769. The van der Waals surface area contributed by atoms with E-state index in [2.05, 4.69) is 27.0 Å². The van der Waals surface area contributed by atoms with E-state index in [1.807, 2.05) is 0 Å². The predicted octanol–water partition coefficient (Wildman–Crippen LogP) is 4.56. The maximum atomic E-state index is 13.6. The number of carbonyl (C=O) groups excluding carboxylic acids is 2. The first-order chi connectivity index (χ1) is 17.4. The van der Waals surface area contributed by atoms with Crippen LogP contribution in [0.15, 0.2) is 71.3 Å². The van der Waals surface area contributed by atoms with Gasteiger partial charge in [-0.3, -0.25) is 9.59 Å². The third-order valence-electron chi connectivity index (χ3n) is 5.14. The van der Waals surface area contributed by atoms with Gasteiger partial charge in [-0.25, -0.2) is 9.37 Å². The Morgan fingerprint density at radius 3 is 2.57 bits per heavy atom. The van der Waals surface area contributed by atoms with Crippen LogP contribution in [0.25, 0.3) is 22.4 Å². The third-order valence-corrected chi connectivity index (χ3v) is 5.14. The second kappa shape index (κ2) is 11.8. The van der Waals surface area contributed by atoms with Crippen molar-refractivity contribution in [3.63, 3.8) is 0 Å². The average Bonchev–Trinajstić information content (AvgIpc) is 3.39. The van der Waals surface area contributed by atoms with E-state index in [9.17, 15) is 24.3 Å². The van der Waals surface area contributed by atoms with Gasteiger partial charge in [0.05, 0.1) is 18.5 Å². The molecule has 2 heterocycles. The highest BCUT2D eigenvalue weighted by Crippen LogP contribution is 2.36. The Bertz CT molecular complexity index is 1490. The van der Waals surface area contributed by atoms with Crippen LogP contribution in [0, 0.1) is 17.1 Å². The number of carbonyl (C=O) groups is 2. The molecule has 0 aliphatic carbocycles. The lowest BCUT2D eigenvalue weighted by Crippen LogP contribution is -2.25. The van der Waals surface area contributed by atoms with Crippen LogP contribution in [0.1, 0.15) is 16.1 Å². The number of nitrogens with one attached hydrogen (secondary N) is 3. The highest BCUT2D eigenvalue weighted by atomic mass is 35.5. The molecule has 0 saturated carbocycles. The van der Waals surface area contributed by atoms with Gasteiger partial charge in [0, 0.05) is 22.9 Å². The van der Waals surface area contributed by atoms with E-state index in [1.165, 1.54) is 18.4 Å². The number of hydrogen-bond donors (Lipinski definition) is 4. The Morgan fingerprint density at radius 1 is 1.08 bits per heavy atom. The zero-order valence-corrected chi connectivity index (χ0v) is 20.2. The number of pyridine rings is 1. The van der Waals surface area contributed by atoms with Gasteiger partial charge in [-0.05, 0) is 55.1 Å². The van der Waals surface area contributed by atoms with Crippen LogP contribution in [0.3, 0.4) is 0 Å². The van der Waals surface area contributed by atoms with E-state index in [1.54, 1.807) is 43.4 Å². The molecule has 4 N–H and O–H groups in total. The molecule has 188 valence electrons. The average molecular weight is 522 g/mol. The molecule has 11 heteroatoms. The number of rotatable bonds is 7. The Morgan fingerprint density at radius 2 is 1.89 bits per heavy atom. The van der Waals surface area contributed by atoms with Gasteiger partial charge >= 0.3 is 0 Å². The number of phenolic OH excluding ortho intramolecular Hbond substituents is 1. The zero-order chi connectivity index (χ0) is 25.7. The number of furan rings is 1. The summed E-state index contributed by atoms with van der Waals surface area (Å²) in [5.41, 5.74) is 1.80. The molecule has 0 bridgehead atoms. The first kappa shape index (κ1) is 26.9. The molecule has 0 unspecified atom stereocenters. The maximum absolute atomic E-state index is 13.6. The second-order valence-electron chi connectivity index (χ2n) is 7.64. The molecule has 0 saturated heterocycles. The number of nitriles is 1. The summed E-state index contributed by atoms with van der Waals surface area (Å²) in [7, 11) is 1.65. The molecular weight excluding hydrogens is 501 g/mol. The fourth-order valence-corrected chi connectivity index (χ4v) is 3.54. The van der Waals surface area contributed by atoms with E-state index in [-0.39, 0.29) is 59.0 Å². The largest absolute Gasteiger partial charge is 0.507 e. The van der Waals surface area contributed by atoms with Crippen molar-refractivity contribution in [3.8, 4) is 34.2 Å². The van der Waals surface area contributed by atoms with Crippen molar-refractivity contribution >= 4 is 35.7 Å². The van der Waals surface area contributed by atoms with E-state index in [4.69, 9.17) is 4.42 Å². The summed E-state index contributed by atoms with van der Waals surface area (Å²) >= 11 is 0. The van der Waals surface area contributed by atoms with Gasteiger partial charge < -0.3 is 25.5 Å². The Kier molecular flexibility index (Phi) is 8.58. The normalized spacial score (nSPS) is 10.2. The van der Waals surface area contributed by atoms with Crippen molar-refractivity contribution < 1.29 is 23.5 Å². The van der Waals surface area contributed by atoms with Crippen LogP contribution < -0.4 is 16.0 Å². The molecule has 4 rings (SSSR count). The minimum Gasteiger partial charge on any atom is -0.507 e. The van der Waals surface area contributed by atoms with Crippen LogP contribution in [0.4, 0.5) is 15.9 Å². The van der Waals surface area contributed by atoms with Crippen molar-refractivity contribution in [2.45, 2.75) is 0 Å². The summed E-state index contributed by atoms with van der Waals surface area (Å²) in [5, 5.41) is 28.4. The summed E-state index contributed by atoms with van der Waals surface area (Å²) in [6.07, 6.45) is 1.33. The molecule has 2 aromatic carbocycles. The van der Waals surface area contributed by atoms with Gasteiger partial charge in [0.15, 0.2) is 11.6 Å². The van der Waals surface area contributed by atoms with Crippen molar-refractivity contribution in [2.75, 3.05) is 24.2 Å². The third kappa shape index (κ3) is 6.10. The number of anilines is 2. The first-order valence-electron chi connectivity index (χ1n) is 10.7. The standard InChI is InChI=1S/C26H20FN5O4.ClH/c1-29-14-24(34)30-17-5-2-4-15(10-17)19-12-21(18-8-7-16(27)11-22(18)33)31-25(20(19)13-28)32-26(35)23-6-3-9-36-23;/h2-12,29,33H,14H2,1H3,(H,30,34)(H,31,32,35);1H. The van der Waals surface area contributed by atoms with E-state index in [0.29, 0.717) is 16.8 Å². The molecule has 2 aromatic heterocycles. The number of hydrogen-bond acceptors (Lipinski definition) is 7. The Hall–Kier alpha value is -4.72. The van der Waals surface area contributed by atoms with Gasteiger partial charge in [-0.15, -0.1) is 12.4 Å². The number of amides is 2. The van der Waals surface area contributed by atoms with Crippen LogP contribution in [-0.4, -0.2) is 35.5 Å². The first-order valence-corrected chi connectivity index (χ1v) is 10.7. The van der Waals surface area contributed by atoms with Crippen molar-refractivity contribution in [1.29, 1.82) is 5.26 Å². The highest BCUT2D eigenvalue weighted by Gasteiger charge is 2.20. The smallest absolute Gasteiger partial charge is 0.292 e. The lowest BCUT2D eigenvalue weighted by Gasteiger charge is -2.15. The number of likely N-dealkylation sites (N-methyl/N-ethyl adjacent to an activating group) is 1. The van der Waals surface area contributed by atoms with Gasteiger partial charge in [0.2, 0.25) is 5.91 Å². The van der Waals surface area contributed by atoms with E-state index in [0.717, 1.165) is 12.1 Å². The molecule has 0 aliphatic rings. The topological polar surface area (TPSA) is 140 Å².